The van der Waals surface area contributed by atoms with Crippen molar-refractivity contribution < 1.29 is 24.9 Å². The molecule has 0 saturated carbocycles. The molecule has 27 heavy (non-hydrogen) atoms. The molecule has 0 aromatic heterocycles. The molecule has 1 saturated heterocycles. The van der Waals surface area contributed by atoms with Crippen LogP contribution in [0.3, 0.4) is 0 Å². The minimum atomic E-state index is -1.18. The summed E-state index contributed by atoms with van der Waals surface area (Å²) in [7, 11) is 0. The van der Waals surface area contributed by atoms with Gasteiger partial charge < -0.3 is 36.1 Å². The number of hydrogen-bond donors (Lipinski definition) is 5. The fraction of sp³-hybridized carbons (Fsp3) is 0.389. The van der Waals surface area contributed by atoms with E-state index < -0.39 is 12.0 Å². The number of thiocarbonyl (C=S) groups is 1. The summed E-state index contributed by atoms with van der Waals surface area (Å²) in [6.07, 6.45) is 1.58. The van der Waals surface area contributed by atoms with Gasteiger partial charge in [-0.2, -0.15) is 0 Å². The number of aliphatic carboxylic acids is 1. The smallest absolute Gasteiger partial charge is 0.230 e. The van der Waals surface area contributed by atoms with Gasteiger partial charge in [-0.05, 0) is 30.4 Å². The van der Waals surface area contributed by atoms with E-state index in [0.29, 0.717) is 36.1 Å². The van der Waals surface area contributed by atoms with Crippen LogP contribution < -0.4 is 31.3 Å². The Balaban J connectivity index is 1.93. The van der Waals surface area contributed by atoms with Crippen LogP contribution >= 0.6 is 12.2 Å². The van der Waals surface area contributed by atoms with E-state index in [-0.39, 0.29) is 12.3 Å². The molecular formula is C18H26N5O3S+. The fourth-order valence-corrected chi connectivity index (χ4v) is 3.20. The van der Waals surface area contributed by atoms with Crippen molar-refractivity contribution in [3.63, 3.8) is 0 Å². The maximum Gasteiger partial charge on any atom is 0.230 e. The first-order chi connectivity index (χ1) is 13.0. The van der Waals surface area contributed by atoms with Crippen LogP contribution in [0.5, 0.6) is 0 Å². The molecule has 1 fully saturated rings. The Morgan fingerprint density at radius 3 is 2.59 bits per heavy atom. The number of nitrogens with two attached hydrogens (primary N) is 1. The van der Waals surface area contributed by atoms with Crippen LogP contribution in [0.4, 0.5) is 11.4 Å². The molecule has 6 N–H and O–H groups in total. The predicted octanol–water partition coefficient (Wildman–Crippen LogP) is -2.93. The minimum absolute atomic E-state index is 0.116. The van der Waals surface area contributed by atoms with Crippen LogP contribution in [-0.4, -0.2) is 55.8 Å². The van der Waals surface area contributed by atoms with Gasteiger partial charge in [0.2, 0.25) is 5.91 Å². The van der Waals surface area contributed by atoms with Crippen LogP contribution in [0, 0.1) is 0 Å². The maximum absolute atomic E-state index is 12.4. The number of quaternary nitrogens is 2. The summed E-state index contributed by atoms with van der Waals surface area (Å²) >= 11 is 5.16. The monoisotopic (exact) mass is 392 g/mol. The predicted molar refractivity (Wildman–Crippen MR) is 105 cm³/mol. The Hall–Kier alpha value is -2.49. The van der Waals surface area contributed by atoms with E-state index in [1.165, 1.54) is 0 Å². The van der Waals surface area contributed by atoms with E-state index in [1.807, 2.05) is 6.07 Å². The Bertz CT molecular complexity index is 691. The molecule has 0 aliphatic carbocycles. The lowest BCUT2D eigenvalue weighted by Crippen LogP contribution is -3.24. The van der Waals surface area contributed by atoms with Crippen molar-refractivity contribution in [2.45, 2.75) is 12.5 Å². The van der Waals surface area contributed by atoms with Gasteiger partial charge in [0, 0.05) is 17.9 Å². The second-order valence-electron chi connectivity index (χ2n) is 6.35. The number of amides is 1. The van der Waals surface area contributed by atoms with Gasteiger partial charge in [0.1, 0.15) is 32.2 Å². The van der Waals surface area contributed by atoms with Gasteiger partial charge in [0.05, 0.1) is 12.4 Å². The number of carboxylic acid groups (broad SMARTS) is 1. The van der Waals surface area contributed by atoms with E-state index in [0.717, 1.165) is 18.0 Å². The number of carbonyl (C=O) groups excluding carboxylic acids is 2. The number of rotatable bonds is 8. The van der Waals surface area contributed by atoms with Crippen LogP contribution in [0.15, 0.2) is 36.9 Å². The SMILES string of the molecule is C=CCNC(=S)Nc1cccc(NC(=O)C[C@@H](C(=O)[O-])[NH+]2CC[NH2+]CC2)c1. The fourth-order valence-electron chi connectivity index (χ4n) is 3.00. The summed E-state index contributed by atoms with van der Waals surface area (Å²) in [5.41, 5.74) is 1.28. The van der Waals surface area contributed by atoms with Crippen molar-refractivity contribution in [1.29, 1.82) is 0 Å². The van der Waals surface area contributed by atoms with E-state index >= 15 is 0 Å². The second kappa shape index (κ2) is 10.6. The average Bonchev–Trinajstić information content (AvgIpc) is 2.65. The molecule has 146 valence electrons. The standard InChI is InChI=1S/C18H25N5O3S/c1-2-6-20-18(27)22-14-5-3-4-13(11-14)21-16(24)12-15(17(25)26)23-9-7-19-8-10-23/h2-5,11,15,19H,1,6-10,12H2,(H,21,24)(H,25,26)(H2,20,22,27)/p+1/t15-/m0/s1. The van der Waals surface area contributed by atoms with Gasteiger partial charge >= 0.3 is 0 Å². The van der Waals surface area contributed by atoms with Crippen molar-refractivity contribution in [1.82, 2.24) is 5.32 Å². The first kappa shape index (κ1) is 20.8. The first-order valence-electron chi connectivity index (χ1n) is 8.92. The molecule has 8 nitrogen and oxygen atoms in total. The lowest BCUT2D eigenvalue weighted by atomic mass is 10.1. The highest BCUT2D eigenvalue weighted by atomic mass is 32.1. The molecule has 0 bridgehead atoms. The highest BCUT2D eigenvalue weighted by molar-refractivity contribution is 7.80. The number of benzene rings is 1. The van der Waals surface area contributed by atoms with Gasteiger partial charge in [0.25, 0.3) is 0 Å². The Labute approximate surface area is 164 Å². The van der Waals surface area contributed by atoms with E-state index in [4.69, 9.17) is 12.2 Å². The van der Waals surface area contributed by atoms with Crippen molar-refractivity contribution in [2.24, 2.45) is 0 Å². The Morgan fingerprint density at radius 2 is 1.96 bits per heavy atom. The van der Waals surface area contributed by atoms with Crippen molar-refractivity contribution in [3.8, 4) is 0 Å². The number of piperazine rings is 1. The molecule has 0 unspecified atom stereocenters. The topological polar surface area (TPSA) is 114 Å². The molecule has 1 amide bonds. The van der Waals surface area contributed by atoms with Gasteiger partial charge in [-0.1, -0.05) is 12.1 Å². The highest BCUT2D eigenvalue weighted by Crippen LogP contribution is 2.15. The van der Waals surface area contributed by atoms with Crippen LogP contribution in [-0.2, 0) is 9.59 Å². The zero-order valence-corrected chi connectivity index (χ0v) is 15.9. The largest absolute Gasteiger partial charge is 0.544 e. The van der Waals surface area contributed by atoms with Gasteiger partial charge in [-0.25, -0.2) is 0 Å². The third kappa shape index (κ3) is 6.97. The third-order valence-electron chi connectivity index (χ3n) is 4.32. The lowest BCUT2D eigenvalue weighted by Gasteiger charge is -2.30. The lowest BCUT2D eigenvalue weighted by molar-refractivity contribution is -0.961. The van der Waals surface area contributed by atoms with Gasteiger partial charge in [0.15, 0.2) is 5.11 Å². The summed E-state index contributed by atoms with van der Waals surface area (Å²) in [6, 6.07) is 6.22. The number of anilines is 2. The van der Waals surface area contributed by atoms with Crippen LogP contribution in [0.25, 0.3) is 0 Å². The summed E-state index contributed by atoms with van der Waals surface area (Å²) < 4.78 is 0. The first-order valence-corrected chi connectivity index (χ1v) is 9.33. The Morgan fingerprint density at radius 1 is 1.30 bits per heavy atom. The summed E-state index contributed by atoms with van der Waals surface area (Å²) in [6.45, 7) is 7.28. The van der Waals surface area contributed by atoms with Crippen LogP contribution in [0.2, 0.25) is 0 Å². The molecule has 0 spiro atoms. The zero-order chi connectivity index (χ0) is 19.6. The molecule has 1 atom stereocenters. The van der Waals surface area contributed by atoms with E-state index in [2.05, 4.69) is 27.8 Å². The molecule has 1 aliphatic rings. The van der Waals surface area contributed by atoms with Gasteiger partial charge in [-0.15, -0.1) is 6.58 Å². The summed E-state index contributed by atoms with van der Waals surface area (Å²) in [4.78, 5) is 24.7. The molecule has 1 aromatic carbocycles. The van der Waals surface area contributed by atoms with Crippen molar-refractivity contribution >= 4 is 40.6 Å². The zero-order valence-electron chi connectivity index (χ0n) is 15.1. The maximum atomic E-state index is 12.4. The highest BCUT2D eigenvalue weighted by Gasteiger charge is 2.29. The molecule has 2 rings (SSSR count). The van der Waals surface area contributed by atoms with E-state index in [1.54, 1.807) is 24.3 Å². The molecule has 1 aromatic rings. The summed E-state index contributed by atoms with van der Waals surface area (Å²) in [5, 5.41) is 22.8. The second-order valence-corrected chi connectivity index (χ2v) is 6.76. The number of nitrogens with one attached hydrogen (secondary N) is 4. The average molecular weight is 393 g/mol. The molecule has 0 radical (unpaired) electrons. The van der Waals surface area contributed by atoms with Crippen molar-refractivity contribution in [3.05, 3.63) is 36.9 Å². The van der Waals surface area contributed by atoms with Gasteiger partial charge in [-0.3, -0.25) is 4.79 Å². The number of hydrogen-bond acceptors (Lipinski definition) is 4. The quantitative estimate of drug-likeness (QED) is 0.239. The molecular weight excluding hydrogens is 366 g/mol. The molecule has 1 heterocycles. The third-order valence-corrected chi connectivity index (χ3v) is 4.56. The summed E-state index contributed by atoms with van der Waals surface area (Å²) in [5.74, 6) is -1.54. The Kier molecular flexibility index (Phi) is 8.18. The molecule has 9 heteroatoms. The number of carboxylic acids is 1. The van der Waals surface area contributed by atoms with E-state index in [9.17, 15) is 14.7 Å². The normalized spacial score (nSPS) is 15.4. The van der Waals surface area contributed by atoms with Crippen molar-refractivity contribution in [2.75, 3.05) is 43.4 Å². The minimum Gasteiger partial charge on any atom is -0.544 e. The molecule has 1 aliphatic heterocycles. The van der Waals surface area contributed by atoms with Crippen LogP contribution in [0.1, 0.15) is 6.42 Å². The number of carbonyl (C=O) groups is 2.